The van der Waals surface area contributed by atoms with E-state index in [1.54, 1.807) is 23.3 Å². The Balaban J connectivity index is 0.000000236. The molecule has 0 N–H and O–H groups in total. The predicted octanol–water partition coefficient (Wildman–Crippen LogP) is 7.74. The number of halogens is 2. The van der Waals surface area contributed by atoms with Crippen LogP contribution in [0.2, 0.25) is 13.1 Å². The molecular weight excluding hydrogens is 743 g/mol. The van der Waals surface area contributed by atoms with Gasteiger partial charge >= 0.3 is 41.9 Å². The van der Waals surface area contributed by atoms with Crippen molar-refractivity contribution in [3.05, 3.63) is 143 Å². The fourth-order valence-electron chi connectivity index (χ4n) is 6.48. The SMILES string of the molecule is CC(C)c1cc2c(-c3ccc(C(C)(C)C)cc3)cccc2[cH-]1.C[Si](C)=[Zr+2].Cc1cc2c(-c3cccc4ccccc34)cc(C)c(C)c2[cH-]1.[Cl-].[Cl-]. The van der Waals surface area contributed by atoms with Crippen LogP contribution < -0.4 is 24.8 Å². The summed E-state index contributed by atoms with van der Waals surface area (Å²) in [7, 11) is 0. The molecule has 258 valence electrons. The Kier molecular flexibility index (Phi) is 14.7. The van der Waals surface area contributed by atoms with Crippen molar-refractivity contribution >= 4 is 37.8 Å². The molecule has 0 radical (unpaired) electrons. The van der Waals surface area contributed by atoms with Crippen molar-refractivity contribution in [3.63, 3.8) is 0 Å². The zero-order chi connectivity index (χ0) is 34.7. The summed E-state index contributed by atoms with van der Waals surface area (Å²) >= 11 is 1.74. The minimum absolute atomic E-state index is 0. The van der Waals surface area contributed by atoms with Gasteiger partial charge in [0.15, 0.2) is 0 Å². The van der Waals surface area contributed by atoms with Crippen molar-refractivity contribution < 1.29 is 48.1 Å². The van der Waals surface area contributed by atoms with E-state index in [4.69, 9.17) is 0 Å². The first kappa shape index (κ1) is 41.7. The molecule has 0 bridgehead atoms. The van der Waals surface area contributed by atoms with Gasteiger partial charge in [0.1, 0.15) is 0 Å². The topological polar surface area (TPSA) is 0 Å². The molecule has 7 aromatic carbocycles. The Hall–Kier alpha value is -2.74. The Morgan fingerprint density at radius 2 is 1.24 bits per heavy atom. The van der Waals surface area contributed by atoms with Gasteiger partial charge in [0.25, 0.3) is 0 Å². The van der Waals surface area contributed by atoms with Crippen molar-refractivity contribution in [1.29, 1.82) is 0 Å². The standard InChI is InChI=1S/C22H19.C22H25.C2H6Si.2ClH.Zr/c1-14-11-20-16(3)15(2)13-22(21(20)12-14)19-10-6-8-17-7-4-5-9-18(17)19;1-15(2)18-13-17-7-6-8-20(21(17)14-18)16-9-11-19(12-10-16)22(3,4)5;1-3-2;;;/h4-13H,1-3H3;6-15H,1-5H3;1-2H3;2*1H;/q2*-1;;;;+2/p-2. The summed E-state index contributed by atoms with van der Waals surface area (Å²) in [5.74, 6) is 0.573. The van der Waals surface area contributed by atoms with Crippen LogP contribution in [0.1, 0.15) is 68.4 Å². The Labute approximate surface area is 328 Å². The van der Waals surface area contributed by atoms with Gasteiger partial charge in [0, 0.05) is 0 Å². The largest absolute Gasteiger partial charge is 1.00 e. The third kappa shape index (κ3) is 9.57. The molecule has 0 atom stereocenters. The first-order chi connectivity index (χ1) is 22.7. The summed E-state index contributed by atoms with van der Waals surface area (Å²) in [5.41, 5.74) is 12.6. The normalized spacial score (nSPS) is 11.0. The molecule has 0 heterocycles. The predicted molar refractivity (Wildman–Crippen MR) is 212 cm³/mol. The second kappa shape index (κ2) is 17.7. The number of fused-ring (bicyclic) bond motifs is 3. The van der Waals surface area contributed by atoms with Crippen LogP contribution in [-0.4, -0.2) is 5.43 Å². The van der Waals surface area contributed by atoms with Crippen LogP contribution in [0.5, 0.6) is 0 Å². The molecule has 7 rings (SSSR count). The molecule has 4 heteroatoms. The fourth-order valence-corrected chi connectivity index (χ4v) is 6.48. The van der Waals surface area contributed by atoms with E-state index in [9.17, 15) is 0 Å². The van der Waals surface area contributed by atoms with E-state index in [0.29, 0.717) is 5.92 Å². The molecule has 0 aromatic heterocycles. The maximum atomic E-state index is 2.35. The van der Waals surface area contributed by atoms with Crippen molar-refractivity contribution in [2.75, 3.05) is 0 Å². The van der Waals surface area contributed by atoms with E-state index in [1.807, 2.05) is 0 Å². The molecule has 7 aromatic rings. The van der Waals surface area contributed by atoms with Gasteiger partial charge in [0.05, 0.1) is 0 Å². The van der Waals surface area contributed by atoms with Crippen LogP contribution in [-0.2, 0) is 28.8 Å². The maximum absolute atomic E-state index is 2.35. The Morgan fingerprint density at radius 1 is 0.640 bits per heavy atom. The van der Waals surface area contributed by atoms with E-state index < -0.39 is 0 Å². The molecule has 0 fully saturated rings. The van der Waals surface area contributed by atoms with E-state index >= 15 is 0 Å². The van der Waals surface area contributed by atoms with Gasteiger partial charge in [-0.05, 0) is 45.7 Å². The third-order valence-electron chi connectivity index (χ3n) is 9.26. The minimum Gasteiger partial charge on any atom is -1.00 e. The molecular formula is C46H50Cl2SiZr-2. The molecule has 0 amide bonds. The van der Waals surface area contributed by atoms with Gasteiger partial charge in [-0.1, -0.05) is 144 Å². The second-order valence-electron chi connectivity index (χ2n) is 14.8. The van der Waals surface area contributed by atoms with Crippen LogP contribution >= 0.6 is 0 Å². The number of aryl methyl sites for hydroxylation is 3. The number of hydrogen-bond donors (Lipinski definition) is 0. The zero-order valence-electron chi connectivity index (χ0n) is 31.3. The Morgan fingerprint density at radius 3 is 1.88 bits per heavy atom. The van der Waals surface area contributed by atoms with E-state index in [2.05, 4.69) is 184 Å². The first-order valence-electron chi connectivity index (χ1n) is 17.2. The molecule has 50 heavy (non-hydrogen) atoms. The van der Waals surface area contributed by atoms with Crippen molar-refractivity contribution in [2.45, 2.75) is 79.8 Å². The van der Waals surface area contributed by atoms with Crippen molar-refractivity contribution in [3.8, 4) is 22.3 Å². The van der Waals surface area contributed by atoms with E-state index in [1.165, 1.54) is 82.4 Å². The first-order valence-corrected chi connectivity index (χ1v) is 23.4. The summed E-state index contributed by atoms with van der Waals surface area (Å²) in [6.07, 6.45) is 0. The van der Waals surface area contributed by atoms with Crippen LogP contribution in [0.3, 0.4) is 0 Å². The third-order valence-corrected chi connectivity index (χ3v) is 9.26. The van der Waals surface area contributed by atoms with Crippen LogP contribution in [0.4, 0.5) is 0 Å². The van der Waals surface area contributed by atoms with Crippen LogP contribution in [0.25, 0.3) is 54.6 Å². The number of rotatable bonds is 3. The zero-order valence-corrected chi connectivity index (χ0v) is 36.3. The van der Waals surface area contributed by atoms with Gasteiger partial charge < -0.3 is 24.8 Å². The molecule has 0 aliphatic carbocycles. The van der Waals surface area contributed by atoms with E-state index in [-0.39, 0.29) is 35.7 Å². The van der Waals surface area contributed by atoms with Gasteiger partial charge in [-0.25, -0.2) is 0 Å². The van der Waals surface area contributed by atoms with E-state index in [0.717, 1.165) is 0 Å². The smallest absolute Gasteiger partial charge is 0.0114 e. The summed E-state index contributed by atoms with van der Waals surface area (Å²) in [5, 5.41) is 8.11. The van der Waals surface area contributed by atoms with Gasteiger partial charge in [0.2, 0.25) is 0 Å². The average Bonchev–Trinajstić information content (AvgIpc) is 3.67. The monoisotopic (exact) mass is 790 g/mol. The number of benzene rings is 5. The quantitative estimate of drug-likeness (QED) is 0.127. The summed E-state index contributed by atoms with van der Waals surface area (Å²) < 4.78 is 0. The number of hydrogen-bond acceptors (Lipinski definition) is 0. The minimum atomic E-state index is 0. The van der Waals surface area contributed by atoms with Gasteiger partial charge in [-0.3, -0.25) is 0 Å². The summed E-state index contributed by atoms with van der Waals surface area (Å²) in [6, 6.07) is 42.6. The maximum Gasteiger partial charge on any atom is -0.0114 e. The van der Waals surface area contributed by atoms with Gasteiger partial charge in [-0.15, -0.1) is 62.5 Å². The van der Waals surface area contributed by atoms with Crippen molar-refractivity contribution in [1.82, 2.24) is 0 Å². The Bertz CT molecular complexity index is 2200. The molecule has 0 aliphatic heterocycles. The van der Waals surface area contributed by atoms with Crippen molar-refractivity contribution in [2.24, 2.45) is 0 Å². The summed E-state index contributed by atoms with van der Waals surface area (Å²) in [6.45, 7) is 22.5. The molecule has 0 nitrogen and oxygen atoms in total. The second-order valence-corrected chi connectivity index (χ2v) is 24.2. The molecule has 0 saturated carbocycles. The van der Waals surface area contributed by atoms with Crippen LogP contribution in [0, 0.1) is 20.8 Å². The van der Waals surface area contributed by atoms with Crippen LogP contribution in [0.15, 0.2) is 115 Å². The fraction of sp³-hybridized carbons (Fsp3) is 0.261. The molecule has 0 aliphatic rings. The summed E-state index contributed by atoms with van der Waals surface area (Å²) in [4.78, 5) is 0. The molecule has 0 spiro atoms. The molecule has 0 saturated heterocycles. The van der Waals surface area contributed by atoms with Gasteiger partial charge in [-0.2, -0.15) is 12.1 Å². The average molecular weight is 793 g/mol. The molecule has 0 unspecified atom stereocenters.